The van der Waals surface area contributed by atoms with Crippen LogP contribution in [-0.4, -0.2) is 24.5 Å². The zero-order valence-corrected chi connectivity index (χ0v) is 13.8. The molecule has 3 aromatic rings. The molecule has 0 aliphatic heterocycles. The molecule has 0 spiro atoms. The molecular weight excluding hydrogens is 400 g/mol. The maximum atomic E-state index is 13.0. The van der Waals surface area contributed by atoms with Crippen molar-refractivity contribution in [2.24, 2.45) is 0 Å². The Morgan fingerprint density at radius 3 is 2.00 bits per heavy atom. The fourth-order valence-electron chi connectivity index (χ4n) is 2.17. The van der Waals surface area contributed by atoms with Crippen LogP contribution in [0.5, 0.6) is 0 Å². The monoisotopic (exact) mass is 407 g/mol. The molecule has 3 heterocycles. The van der Waals surface area contributed by atoms with Crippen LogP contribution >= 0.6 is 11.6 Å². The largest absolute Gasteiger partial charge is 0.434 e. The van der Waals surface area contributed by atoms with Crippen molar-refractivity contribution in [3.05, 3.63) is 59.2 Å². The van der Waals surface area contributed by atoms with E-state index in [0.717, 1.165) is 23.0 Å². The third-order valence-corrected chi connectivity index (χ3v) is 3.56. The van der Waals surface area contributed by atoms with E-state index in [-0.39, 0.29) is 28.8 Å². The number of imidazole rings is 1. The molecule has 0 amide bonds. The molecule has 27 heavy (non-hydrogen) atoms. The van der Waals surface area contributed by atoms with Gasteiger partial charge in [-0.3, -0.25) is 4.98 Å². The first kappa shape index (κ1) is 19.1. The van der Waals surface area contributed by atoms with Gasteiger partial charge in [0.1, 0.15) is 17.3 Å². The van der Waals surface area contributed by atoms with Crippen LogP contribution < -0.4 is 0 Å². The second-order valence-corrected chi connectivity index (χ2v) is 5.76. The molecule has 0 aromatic carbocycles. The average molecular weight is 408 g/mol. The Bertz CT molecular complexity index is 931. The smallest absolute Gasteiger partial charge is 0.323 e. The molecule has 0 saturated carbocycles. The molecule has 0 aliphatic carbocycles. The number of rotatable bonds is 3. The predicted molar refractivity (Wildman–Crippen MR) is 81.6 cm³/mol. The first-order chi connectivity index (χ1) is 12.5. The van der Waals surface area contributed by atoms with Crippen molar-refractivity contribution in [3.8, 4) is 11.4 Å². The molecule has 0 aliphatic rings. The number of halogens is 7. The number of alkyl halides is 6. The lowest BCUT2D eigenvalue weighted by Gasteiger charge is -2.08. The number of hydrogen-bond acceptors (Lipinski definition) is 4. The lowest BCUT2D eigenvalue weighted by atomic mass is 10.2. The number of pyridine rings is 1. The van der Waals surface area contributed by atoms with E-state index in [9.17, 15) is 26.3 Å². The maximum absolute atomic E-state index is 13.0. The molecule has 0 saturated heterocycles. The third-order valence-electron chi connectivity index (χ3n) is 3.36. The Labute approximate surface area is 152 Å². The van der Waals surface area contributed by atoms with Crippen molar-refractivity contribution in [1.82, 2.24) is 24.5 Å². The Morgan fingerprint density at radius 1 is 0.852 bits per heavy atom. The van der Waals surface area contributed by atoms with E-state index < -0.39 is 23.7 Å². The van der Waals surface area contributed by atoms with Crippen LogP contribution in [0.25, 0.3) is 11.4 Å². The van der Waals surface area contributed by atoms with Gasteiger partial charge in [-0.25, -0.2) is 15.0 Å². The van der Waals surface area contributed by atoms with Crippen molar-refractivity contribution in [3.63, 3.8) is 0 Å². The molecule has 0 N–H and O–H groups in total. The van der Waals surface area contributed by atoms with E-state index in [1.807, 2.05) is 0 Å². The highest BCUT2D eigenvalue weighted by Gasteiger charge is 2.35. The van der Waals surface area contributed by atoms with Gasteiger partial charge in [0.25, 0.3) is 0 Å². The summed E-state index contributed by atoms with van der Waals surface area (Å²) in [5, 5.41) is 0.243. The quantitative estimate of drug-likeness (QED) is 0.601. The molecular formula is C15H8ClF6N5. The second kappa shape index (κ2) is 6.80. The minimum absolute atomic E-state index is 0.0209. The van der Waals surface area contributed by atoms with Gasteiger partial charge < -0.3 is 4.57 Å². The molecule has 0 unspecified atom stereocenters. The van der Waals surface area contributed by atoms with Gasteiger partial charge in [0.2, 0.25) is 0 Å². The molecule has 5 nitrogen and oxygen atoms in total. The highest BCUT2D eigenvalue weighted by Crippen LogP contribution is 2.32. The van der Waals surface area contributed by atoms with Crippen LogP contribution in [0.4, 0.5) is 26.3 Å². The van der Waals surface area contributed by atoms with Crippen molar-refractivity contribution in [2.45, 2.75) is 18.9 Å². The zero-order chi connectivity index (χ0) is 19.8. The van der Waals surface area contributed by atoms with Crippen LogP contribution in [0.1, 0.15) is 17.2 Å². The van der Waals surface area contributed by atoms with E-state index in [1.54, 1.807) is 0 Å². The highest BCUT2D eigenvalue weighted by atomic mass is 35.5. The van der Waals surface area contributed by atoms with Crippen molar-refractivity contribution < 1.29 is 26.3 Å². The van der Waals surface area contributed by atoms with Crippen molar-refractivity contribution in [2.75, 3.05) is 0 Å². The standard InChI is InChI=1S/C15H8ClF6N5/c16-9-4-24-12(25-5-9)7-27-6-11(15(20,21)22)26-13(27)8-1-2-10(23-3-8)14(17,18)19/h1-6H,7H2. The van der Waals surface area contributed by atoms with Gasteiger partial charge in [-0.1, -0.05) is 11.6 Å². The third kappa shape index (κ3) is 4.35. The van der Waals surface area contributed by atoms with Gasteiger partial charge in [0, 0.05) is 30.4 Å². The summed E-state index contributed by atoms with van der Waals surface area (Å²) in [7, 11) is 0. The van der Waals surface area contributed by atoms with Crippen LogP contribution in [0.2, 0.25) is 5.02 Å². The van der Waals surface area contributed by atoms with E-state index in [2.05, 4.69) is 19.9 Å². The molecule has 0 atom stereocenters. The summed E-state index contributed by atoms with van der Waals surface area (Å²) in [5.41, 5.74) is -2.39. The number of aromatic nitrogens is 5. The Morgan fingerprint density at radius 2 is 1.48 bits per heavy atom. The highest BCUT2D eigenvalue weighted by molar-refractivity contribution is 6.30. The number of nitrogens with zero attached hydrogens (tertiary/aromatic N) is 5. The van der Waals surface area contributed by atoms with E-state index in [0.29, 0.717) is 6.07 Å². The minimum atomic E-state index is -4.74. The normalized spacial score (nSPS) is 12.4. The molecule has 12 heteroatoms. The van der Waals surface area contributed by atoms with Crippen molar-refractivity contribution >= 4 is 11.6 Å². The summed E-state index contributed by atoms with van der Waals surface area (Å²) >= 11 is 5.66. The predicted octanol–water partition coefficient (Wildman–Crippen LogP) is 4.47. The molecule has 3 rings (SSSR count). The van der Waals surface area contributed by atoms with Crippen LogP contribution in [0, 0.1) is 0 Å². The minimum Gasteiger partial charge on any atom is -0.323 e. The Hall–Kier alpha value is -2.69. The average Bonchev–Trinajstić information content (AvgIpc) is 3.00. The molecule has 0 fully saturated rings. The van der Waals surface area contributed by atoms with Gasteiger partial charge >= 0.3 is 12.4 Å². The first-order valence-corrected chi connectivity index (χ1v) is 7.56. The fourth-order valence-corrected chi connectivity index (χ4v) is 2.27. The summed E-state index contributed by atoms with van der Waals surface area (Å²) in [6.07, 6.45) is -5.33. The first-order valence-electron chi connectivity index (χ1n) is 7.18. The summed E-state index contributed by atoms with van der Waals surface area (Å²) in [6, 6.07) is 1.66. The van der Waals surface area contributed by atoms with Gasteiger partial charge in [0.05, 0.1) is 11.6 Å². The van der Waals surface area contributed by atoms with Crippen LogP contribution in [0.15, 0.2) is 36.9 Å². The lowest BCUT2D eigenvalue weighted by Crippen LogP contribution is -2.08. The second-order valence-electron chi connectivity index (χ2n) is 5.32. The topological polar surface area (TPSA) is 56.5 Å². The molecule has 0 radical (unpaired) electrons. The summed E-state index contributed by atoms with van der Waals surface area (Å²) in [6.45, 7) is -0.198. The zero-order valence-electron chi connectivity index (χ0n) is 13.1. The molecule has 3 aromatic heterocycles. The number of hydrogen-bond donors (Lipinski definition) is 0. The van der Waals surface area contributed by atoms with Crippen LogP contribution in [-0.2, 0) is 18.9 Å². The van der Waals surface area contributed by atoms with Gasteiger partial charge in [-0.2, -0.15) is 26.3 Å². The van der Waals surface area contributed by atoms with E-state index in [4.69, 9.17) is 11.6 Å². The van der Waals surface area contributed by atoms with Gasteiger partial charge in [-0.15, -0.1) is 0 Å². The Kier molecular flexibility index (Phi) is 4.81. The maximum Gasteiger partial charge on any atom is 0.434 e. The summed E-state index contributed by atoms with van der Waals surface area (Å²) in [5.74, 6) is -0.0752. The van der Waals surface area contributed by atoms with Gasteiger partial charge in [-0.05, 0) is 12.1 Å². The van der Waals surface area contributed by atoms with Crippen LogP contribution in [0.3, 0.4) is 0 Å². The van der Waals surface area contributed by atoms with E-state index in [1.165, 1.54) is 12.4 Å². The molecule has 0 bridgehead atoms. The summed E-state index contributed by atoms with van der Waals surface area (Å²) in [4.78, 5) is 14.5. The van der Waals surface area contributed by atoms with Crippen molar-refractivity contribution in [1.29, 1.82) is 0 Å². The molecule has 142 valence electrons. The van der Waals surface area contributed by atoms with E-state index >= 15 is 0 Å². The Balaban J connectivity index is 2.02. The lowest BCUT2D eigenvalue weighted by molar-refractivity contribution is -0.141. The SMILES string of the molecule is FC(F)(F)c1ccc(-c2nc(C(F)(F)F)cn2Cc2ncc(Cl)cn2)cn1. The fraction of sp³-hybridized carbons (Fsp3) is 0.200. The van der Waals surface area contributed by atoms with Gasteiger partial charge in [0.15, 0.2) is 5.69 Å². The summed E-state index contributed by atoms with van der Waals surface area (Å²) < 4.78 is 78.0.